The largest absolute Gasteiger partial charge is 0.383 e. The summed E-state index contributed by atoms with van der Waals surface area (Å²) in [6.07, 6.45) is 1.92. The number of fused-ring (bicyclic) bond motifs is 1. The third-order valence-electron chi connectivity index (χ3n) is 2.81. The minimum absolute atomic E-state index is 0.377. The molecule has 0 spiro atoms. The average molecular weight is 244 g/mol. The standard InChI is InChI=1S/C13H16N4O/c1-10-13(11(9-14)15-6-8-18-2)17-7-4-3-5-12(17)16-10/h3-5,7,11,15H,6,8H2,1-2H3. The predicted molar refractivity (Wildman–Crippen MR) is 68.2 cm³/mol. The zero-order chi connectivity index (χ0) is 13.0. The lowest BCUT2D eigenvalue weighted by molar-refractivity contribution is 0.197. The highest BCUT2D eigenvalue weighted by Crippen LogP contribution is 2.18. The van der Waals surface area contributed by atoms with Crippen LogP contribution in [-0.2, 0) is 4.74 Å². The summed E-state index contributed by atoms with van der Waals surface area (Å²) in [5.41, 5.74) is 2.63. The number of aromatic nitrogens is 2. The molecule has 0 aliphatic carbocycles. The van der Waals surface area contributed by atoms with Crippen LogP contribution in [0.25, 0.3) is 5.65 Å². The highest BCUT2D eigenvalue weighted by atomic mass is 16.5. The van der Waals surface area contributed by atoms with E-state index < -0.39 is 0 Å². The van der Waals surface area contributed by atoms with E-state index in [1.54, 1.807) is 7.11 Å². The molecule has 1 N–H and O–H groups in total. The fourth-order valence-corrected chi connectivity index (χ4v) is 1.99. The summed E-state index contributed by atoms with van der Waals surface area (Å²) in [5, 5.41) is 12.4. The van der Waals surface area contributed by atoms with Crippen LogP contribution in [0, 0.1) is 18.3 Å². The maximum Gasteiger partial charge on any atom is 0.138 e. The van der Waals surface area contributed by atoms with Crippen LogP contribution in [0.1, 0.15) is 17.4 Å². The van der Waals surface area contributed by atoms with Gasteiger partial charge in [0.2, 0.25) is 0 Å². The van der Waals surface area contributed by atoms with Gasteiger partial charge in [-0.3, -0.25) is 5.32 Å². The minimum atomic E-state index is -0.377. The fraction of sp³-hybridized carbons (Fsp3) is 0.385. The molecule has 0 aliphatic rings. The summed E-state index contributed by atoms with van der Waals surface area (Å²) in [4.78, 5) is 4.45. The molecule has 5 nitrogen and oxygen atoms in total. The van der Waals surface area contributed by atoms with Crippen molar-refractivity contribution in [2.24, 2.45) is 0 Å². The lowest BCUT2D eigenvalue weighted by atomic mass is 10.2. The molecule has 2 aromatic heterocycles. The number of imidazole rings is 1. The van der Waals surface area contributed by atoms with Crippen molar-refractivity contribution in [2.45, 2.75) is 13.0 Å². The van der Waals surface area contributed by atoms with Crippen molar-refractivity contribution < 1.29 is 4.74 Å². The van der Waals surface area contributed by atoms with Crippen molar-refractivity contribution in [3.05, 3.63) is 35.8 Å². The Morgan fingerprint density at radius 1 is 1.56 bits per heavy atom. The van der Waals surface area contributed by atoms with Gasteiger partial charge in [-0.25, -0.2) is 4.98 Å². The second-order valence-electron chi connectivity index (χ2n) is 4.02. The first-order chi connectivity index (χ1) is 8.77. The lowest BCUT2D eigenvalue weighted by Gasteiger charge is -2.12. The van der Waals surface area contributed by atoms with E-state index in [1.807, 2.05) is 35.7 Å². The SMILES string of the molecule is COCCNC(C#N)c1c(C)nc2ccccn12. The zero-order valence-electron chi connectivity index (χ0n) is 10.6. The van der Waals surface area contributed by atoms with Crippen molar-refractivity contribution in [1.29, 1.82) is 5.26 Å². The van der Waals surface area contributed by atoms with Crippen LogP contribution in [-0.4, -0.2) is 29.6 Å². The first-order valence-electron chi connectivity index (χ1n) is 5.83. The molecule has 0 amide bonds. The van der Waals surface area contributed by atoms with Crippen LogP contribution in [0.4, 0.5) is 0 Å². The predicted octanol–water partition coefficient (Wildman–Crippen LogP) is 1.44. The molecule has 5 heteroatoms. The number of nitriles is 1. The van der Waals surface area contributed by atoms with Crippen LogP contribution < -0.4 is 5.32 Å². The molecule has 0 bridgehead atoms. The van der Waals surface area contributed by atoms with E-state index in [0.29, 0.717) is 13.2 Å². The third-order valence-corrected chi connectivity index (χ3v) is 2.81. The number of ether oxygens (including phenoxy) is 1. The van der Waals surface area contributed by atoms with Crippen LogP contribution in [0.2, 0.25) is 0 Å². The van der Waals surface area contributed by atoms with E-state index in [4.69, 9.17) is 4.74 Å². The molecular weight excluding hydrogens is 228 g/mol. The van der Waals surface area contributed by atoms with E-state index in [0.717, 1.165) is 17.0 Å². The molecule has 0 saturated carbocycles. The fourth-order valence-electron chi connectivity index (χ4n) is 1.99. The van der Waals surface area contributed by atoms with Crippen LogP contribution in [0.15, 0.2) is 24.4 Å². The van der Waals surface area contributed by atoms with E-state index >= 15 is 0 Å². The molecule has 94 valence electrons. The number of pyridine rings is 1. The summed E-state index contributed by atoms with van der Waals surface area (Å²) in [5.74, 6) is 0. The van der Waals surface area contributed by atoms with E-state index in [2.05, 4.69) is 16.4 Å². The molecule has 1 atom stereocenters. The topological polar surface area (TPSA) is 62.3 Å². The van der Waals surface area contributed by atoms with Gasteiger partial charge in [0.1, 0.15) is 11.7 Å². The van der Waals surface area contributed by atoms with Crippen LogP contribution in [0.5, 0.6) is 0 Å². The number of nitrogens with one attached hydrogen (secondary N) is 1. The smallest absolute Gasteiger partial charge is 0.138 e. The number of hydrogen-bond acceptors (Lipinski definition) is 4. The third kappa shape index (κ3) is 2.35. The second-order valence-corrected chi connectivity index (χ2v) is 4.02. The lowest BCUT2D eigenvalue weighted by Crippen LogP contribution is -2.25. The number of rotatable bonds is 5. The van der Waals surface area contributed by atoms with Gasteiger partial charge in [-0.15, -0.1) is 0 Å². The molecule has 0 aromatic carbocycles. The molecule has 0 aliphatic heterocycles. The Labute approximate surface area is 106 Å². The van der Waals surface area contributed by atoms with Crippen molar-refractivity contribution in [2.75, 3.05) is 20.3 Å². The maximum atomic E-state index is 9.29. The van der Waals surface area contributed by atoms with E-state index in [-0.39, 0.29) is 6.04 Å². The zero-order valence-corrected chi connectivity index (χ0v) is 10.6. The van der Waals surface area contributed by atoms with E-state index in [9.17, 15) is 5.26 Å². The number of aryl methyl sites for hydroxylation is 1. The Morgan fingerprint density at radius 2 is 2.39 bits per heavy atom. The molecule has 2 aromatic rings. The van der Waals surface area contributed by atoms with E-state index in [1.165, 1.54) is 0 Å². The summed E-state index contributed by atoms with van der Waals surface area (Å²) in [7, 11) is 1.64. The summed E-state index contributed by atoms with van der Waals surface area (Å²) in [6, 6.07) is 7.69. The molecule has 18 heavy (non-hydrogen) atoms. The molecule has 2 rings (SSSR count). The van der Waals surface area contributed by atoms with Crippen molar-refractivity contribution >= 4 is 5.65 Å². The molecular formula is C13H16N4O. The Kier molecular flexibility index (Phi) is 3.92. The van der Waals surface area contributed by atoms with Crippen LogP contribution >= 0.6 is 0 Å². The Morgan fingerprint density at radius 3 is 3.11 bits per heavy atom. The van der Waals surface area contributed by atoms with Gasteiger partial charge in [0, 0.05) is 19.9 Å². The number of methoxy groups -OCH3 is 1. The highest BCUT2D eigenvalue weighted by molar-refractivity contribution is 5.44. The molecule has 2 heterocycles. The second kappa shape index (κ2) is 5.63. The normalized spacial score (nSPS) is 12.5. The number of hydrogen-bond donors (Lipinski definition) is 1. The number of nitrogens with zero attached hydrogens (tertiary/aromatic N) is 3. The minimum Gasteiger partial charge on any atom is -0.383 e. The maximum absolute atomic E-state index is 9.29. The molecule has 1 unspecified atom stereocenters. The first-order valence-corrected chi connectivity index (χ1v) is 5.83. The van der Waals surface area contributed by atoms with Gasteiger partial charge in [-0.05, 0) is 19.1 Å². The van der Waals surface area contributed by atoms with Gasteiger partial charge in [-0.2, -0.15) is 5.26 Å². The Hall–Kier alpha value is -1.90. The Bertz CT molecular complexity index is 570. The van der Waals surface area contributed by atoms with Gasteiger partial charge in [-0.1, -0.05) is 6.07 Å². The summed E-state index contributed by atoms with van der Waals surface area (Å²) in [6.45, 7) is 3.13. The van der Waals surface area contributed by atoms with Gasteiger partial charge in [0.05, 0.1) is 24.1 Å². The summed E-state index contributed by atoms with van der Waals surface area (Å²) < 4.78 is 6.92. The van der Waals surface area contributed by atoms with Gasteiger partial charge in [0.15, 0.2) is 0 Å². The van der Waals surface area contributed by atoms with Crippen molar-refractivity contribution in [3.63, 3.8) is 0 Å². The van der Waals surface area contributed by atoms with Crippen molar-refractivity contribution in [1.82, 2.24) is 14.7 Å². The van der Waals surface area contributed by atoms with Gasteiger partial charge in [0.25, 0.3) is 0 Å². The Balaban J connectivity index is 2.33. The highest BCUT2D eigenvalue weighted by Gasteiger charge is 2.18. The van der Waals surface area contributed by atoms with Gasteiger partial charge < -0.3 is 9.14 Å². The molecule has 0 saturated heterocycles. The quantitative estimate of drug-likeness (QED) is 0.808. The summed E-state index contributed by atoms with van der Waals surface area (Å²) >= 11 is 0. The molecule has 0 radical (unpaired) electrons. The average Bonchev–Trinajstić information content (AvgIpc) is 2.71. The van der Waals surface area contributed by atoms with Gasteiger partial charge >= 0.3 is 0 Å². The monoisotopic (exact) mass is 244 g/mol. The van der Waals surface area contributed by atoms with Crippen LogP contribution in [0.3, 0.4) is 0 Å². The first kappa shape index (κ1) is 12.6. The molecule has 0 fully saturated rings. The van der Waals surface area contributed by atoms with Crippen molar-refractivity contribution in [3.8, 4) is 6.07 Å².